The highest BCUT2D eigenvalue weighted by molar-refractivity contribution is 8.00. The van der Waals surface area contributed by atoms with Crippen LogP contribution < -0.4 is 9.64 Å². The van der Waals surface area contributed by atoms with Gasteiger partial charge in [-0.15, -0.1) is 11.8 Å². The van der Waals surface area contributed by atoms with Crippen LogP contribution in [0.1, 0.15) is 10.9 Å². The number of hydrogen-bond acceptors (Lipinski definition) is 3. The third-order valence-electron chi connectivity index (χ3n) is 4.26. The minimum absolute atomic E-state index is 0.0346. The van der Waals surface area contributed by atoms with Gasteiger partial charge in [0, 0.05) is 26.3 Å². The lowest BCUT2D eigenvalue weighted by molar-refractivity contribution is -0.115. The molecule has 1 aliphatic rings. The second-order valence-electron chi connectivity index (χ2n) is 6.14. The number of rotatable bonds is 4. The van der Waals surface area contributed by atoms with E-state index in [0.29, 0.717) is 32.3 Å². The summed E-state index contributed by atoms with van der Waals surface area (Å²) in [4.78, 5) is 14.3. The van der Waals surface area contributed by atoms with E-state index in [1.165, 1.54) is 11.8 Å². The summed E-state index contributed by atoms with van der Waals surface area (Å²) in [5.74, 6) is 1.79. The predicted octanol–water partition coefficient (Wildman–Crippen LogP) is 7.22. The summed E-state index contributed by atoms with van der Waals surface area (Å²) >= 11 is 19.8. The predicted molar refractivity (Wildman–Crippen MR) is 117 cm³/mol. The van der Waals surface area contributed by atoms with Crippen LogP contribution in [0.25, 0.3) is 0 Å². The van der Waals surface area contributed by atoms with Gasteiger partial charge in [-0.25, -0.2) is 0 Å². The Morgan fingerprint density at radius 2 is 1.46 bits per heavy atom. The van der Waals surface area contributed by atoms with E-state index < -0.39 is 0 Å². The number of thioether (sulfide) groups is 1. The van der Waals surface area contributed by atoms with Crippen LogP contribution in [0.3, 0.4) is 0 Å². The van der Waals surface area contributed by atoms with Crippen LogP contribution in [0.5, 0.6) is 11.5 Å². The van der Waals surface area contributed by atoms with Crippen LogP contribution in [0.2, 0.25) is 15.1 Å². The van der Waals surface area contributed by atoms with E-state index in [9.17, 15) is 4.79 Å². The molecule has 7 heteroatoms. The summed E-state index contributed by atoms with van der Waals surface area (Å²) in [6.45, 7) is 0. The first-order valence-corrected chi connectivity index (χ1v) is 10.6. The molecule has 0 aliphatic carbocycles. The molecule has 1 fully saturated rings. The normalized spacial score (nSPS) is 16.5. The lowest BCUT2D eigenvalue weighted by atomic mass is 10.2. The quantitative estimate of drug-likeness (QED) is 0.420. The van der Waals surface area contributed by atoms with Gasteiger partial charge >= 0.3 is 0 Å². The average Bonchev–Trinajstić information content (AvgIpc) is 3.05. The molecule has 1 atom stereocenters. The molecule has 3 aromatic carbocycles. The van der Waals surface area contributed by atoms with Crippen molar-refractivity contribution in [3.8, 4) is 11.5 Å². The first-order chi connectivity index (χ1) is 13.5. The number of nitrogens with zero attached hydrogens (tertiary/aromatic N) is 1. The Morgan fingerprint density at radius 3 is 2.11 bits per heavy atom. The van der Waals surface area contributed by atoms with Crippen molar-refractivity contribution in [1.82, 2.24) is 0 Å². The summed E-state index contributed by atoms with van der Waals surface area (Å²) in [6, 6.07) is 19.9. The van der Waals surface area contributed by atoms with Crippen LogP contribution in [0.15, 0.2) is 66.7 Å². The highest BCUT2D eigenvalue weighted by Crippen LogP contribution is 2.44. The van der Waals surface area contributed by atoms with Crippen molar-refractivity contribution in [3.05, 3.63) is 87.4 Å². The van der Waals surface area contributed by atoms with E-state index >= 15 is 0 Å². The minimum atomic E-state index is -0.194. The molecule has 1 amide bonds. The first kappa shape index (κ1) is 19.5. The Kier molecular flexibility index (Phi) is 5.74. The fourth-order valence-corrected chi connectivity index (χ4v) is 4.86. The molecule has 3 aromatic rings. The first-order valence-electron chi connectivity index (χ1n) is 8.43. The van der Waals surface area contributed by atoms with Gasteiger partial charge in [0.1, 0.15) is 16.9 Å². The number of hydrogen-bond donors (Lipinski definition) is 0. The zero-order valence-electron chi connectivity index (χ0n) is 14.4. The van der Waals surface area contributed by atoms with Crippen molar-refractivity contribution in [2.24, 2.45) is 0 Å². The van der Waals surface area contributed by atoms with Crippen LogP contribution in [0, 0.1) is 0 Å². The van der Waals surface area contributed by atoms with Gasteiger partial charge in [0.25, 0.3) is 0 Å². The average molecular weight is 451 g/mol. The number of amides is 1. The molecule has 142 valence electrons. The van der Waals surface area contributed by atoms with Gasteiger partial charge in [-0.05, 0) is 60.7 Å². The van der Waals surface area contributed by atoms with E-state index in [1.54, 1.807) is 41.3 Å². The number of anilines is 1. The number of halogens is 3. The monoisotopic (exact) mass is 449 g/mol. The molecule has 1 aliphatic heterocycles. The van der Waals surface area contributed by atoms with Crippen molar-refractivity contribution < 1.29 is 9.53 Å². The summed E-state index contributed by atoms with van der Waals surface area (Å²) < 4.78 is 5.82. The Bertz CT molecular complexity index is 1010. The molecular formula is C21H14Cl3NO2S. The van der Waals surface area contributed by atoms with Crippen LogP contribution in [-0.4, -0.2) is 11.7 Å². The van der Waals surface area contributed by atoms with E-state index in [4.69, 9.17) is 39.5 Å². The van der Waals surface area contributed by atoms with Gasteiger partial charge < -0.3 is 4.74 Å². The van der Waals surface area contributed by atoms with Gasteiger partial charge in [0.05, 0.1) is 5.75 Å². The zero-order chi connectivity index (χ0) is 19.7. The minimum Gasteiger partial charge on any atom is -0.457 e. The number of benzene rings is 3. The summed E-state index contributed by atoms with van der Waals surface area (Å²) in [5, 5.41) is 1.57. The third-order valence-corrected chi connectivity index (χ3v) is 6.27. The number of carbonyl (C=O) groups is 1. The van der Waals surface area contributed by atoms with E-state index in [0.717, 1.165) is 11.3 Å². The van der Waals surface area contributed by atoms with Crippen molar-refractivity contribution in [2.75, 3.05) is 10.7 Å². The van der Waals surface area contributed by atoms with Gasteiger partial charge in [-0.1, -0.05) is 40.9 Å². The summed E-state index contributed by atoms with van der Waals surface area (Å²) in [6.07, 6.45) is 0. The van der Waals surface area contributed by atoms with E-state index in [1.807, 2.05) is 30.3 Å². The fourth-order valence-electron chi connectivity index (χ4n) is 2.95. The largest absolute Gasteiger partial charge is 0.457 e. The maximum atomic E-state index is 12.5. The molecule has 0 unspecified atom stereocenters. The maximum absolute atomic E-state index is 12.5. The van der Waals surface area contributed by atoms with Gasteiger partial charge in [0.15, 0.2) is 0 Å². The van der Waals surface area contributed by atoms with E-state index in [2.05, 4.69) is 0 Å². The SMILES string of the molecule is O=C1CS[C@H](c2ccc(Cl)cc2Cl)N1c1ccc(Oc2ccc(Cl)cc2)cc1. The fraction of sp³-hybridized carbons (Fsp3) is 0.0952. The molecule has 28 heavy (non-hydrogen) atoms. The number of carbonyl (C=O) groups excluding carboxylic acids is 1. The topological polar surface area (TPSA) is 29.5 Å². The third kappa shape index (κ3) is 4.11. The second kappa shape index (κ2) is 8.26. The molecule has 1 heterocycles. The Hall–Kier alpha value is -1.85. The molecule has 4 rings (SSSR count). The maximum Gasteiger partial charge on any atom is 0.238 e. The Labute approximate surface area is 182 Å². The highest BCUT2D eigenvalue weighted by atomic mass is 35.5. The molecule has 0 radical (unpaired) electrons. The molecule has 0 N–H and O–H groups in total. The molecule has 0 saturated carbocycles. The summed E-state index contributed by atoms with van der Waals surface area (Å²) in [5.41, 5.74) is 1.65. The van der Waals surface area contributed by atoms with Crippen LogP contribution >= 0.6 is 46.6 Å². The number of ether oxygens (including phenoxy) is 1. The van der Waals surface area contributed by atoms with Gasteiger partial charge in [-0.2, -0.15) is 0 Å². The zero-order valence-corrected chi connectivity index (χ0v) is 17.5. The van der Waals surface area contributed by atoms with Crippen molar-refractivity contribution in [1.29, 1.82) is 0 Å². The highest BCUT2D eigenvalue weighted by Gasteiger charge is 2.35. The van der Waals surface area contributed by atoms with E-state index in [-0.39, 0.29) is 11.3 Å². The molecule has 0 spiro atoms. The lowest BCUT2D eigenvalue weighted by Crippen LogP contribution is -2.27. The molecular weight excluding hydrogens is 437 g/mol. The van der Waals surface area contributed by atoms with Crippen LogP contribution in [-0.2, 0) is 4.79 Å². The molecule has 3 nitrogen and oxygen atoms in total. The van der Waals surface area contributed by atoms with Crippen molar-refractivity contribution >= 4 is 58.2 Å². The second-order valence-corrected chi connectivity index (χ2v) is 8.49. The van der Waals surface area contributed by atoms with Gasteiger partial charge in [-0.3, -0.25) is 9.69 Å². The van der Waals surface area contributed by atoms with Crippen LogP contribution in [0.4, 0.5) is 5.69 Å². The lowest BCUT2D eigenvalue weighted by Gasteiger charge is -2.25. The Balaban J connectivity index is 1.58. The van der Waals surface area contributed by atoms with Crippen molar-refractivity contribution in [2.45, 2.75) is 5.37 Å². The molecule has 0 aromatic heterocycles. The smallest absolute Gasteiger partial charge is 0.238 e. The van der Waals surface area contributed by atoms with Gasteiger partial charge in [0.2, 0.25) is 5.91 Å². The molecule has 0 bridgehead atoms. The van der Waals surface area contributed by atoms with Crippen molar-refractivity contribution in [3.63, 3.8) is 0 Å². The molecule has 1 saturated heterocycles. The summed E-state index contributed by atoms with van der Waals surface area (Å²) in [7, 11) is 0. The Morgan fingerprint density at radius 1 is 0.857 bits per heavy atom. The standard InChI is InChI=1S/C21H14Cl3NO2S/c22-13-1-6-16(7-2-13)27-17-8-4-15(5-9-17)25-20(26)12-28-21(25)18-10-3-14(23)11-19(18)24/h1-11,21H,12H2/t21-/m1/s1.